The summed E-state index contributed by atoms with van der Waals surface area (Å²) >= 11 is 0. The van der Waals surface area contributed by atoms with E-state index in [1.807, 2.05) is 11.8 Å². The lowest BCUT2D eigenvalue weighted by Crippen LogP contribution is -2.32. The van der Waals surface area contributed by atoms with Crippen LogP contribution in [-0.2, 0) is 17.6 Å². The van der Waals surface area contributed by atoms with Gasteiger partial charge in [0.05, 0.1) is 12.2 Å². The lowest BCUT2D eigenvalue weighted by Gasteiger charge is -2.34. The second kappa shape index (κ2) is 8.75. The molecule has 0 heterocycles. The number of nitrogens with zero attached hydrogens (tertiary/aromatic N) is 1. The fraction of sp³-hybridized carbons (Fsp3) is 0.632. The van der Waals surface area contributed by atoms with Gasteiger partial charge in [-0.15, -0.1) is 0 Å². The Morgan fingerprint density at radius 1 is 1.19 bits per heavy atom. The van der Waals surface area contributed by atoms with Gasteiger partial charge in [0.2, 0.25) is 0 Å². The number of hydrogen-bond donors (Lipinski definition) is 2. The summed E-state index contributed by atoms with van der Waals surface area (Å²) in [5, 5.41) is 18.4. The van der Waals surface area contributed by atoms with Crippen LogP contribution in [0.4, 0.5) is 18.9 Å². The first kappa shape index (κ1) is 20.6. The molecule has 1 aliphatic rings. The van der Waals surface area contributed by atoms with Gasteiger partial charge in [-0.05, 0) is 62.6 Å². The number of halogens is 3. The summed E-state index contributed by atoms with van der Waals surface area (Å²) < 4.78 is 38.6. The second-order valence-corrected chi connectivity index (χ2v) is 7.02. The molecular formula is C19H26F3NO3. The van der Waals surface area contributed by atoms with Gasteiger partial charge in [0.1, 0.15) is 0 Å². The second-order valence-electron chi connectivity index (χ2n) is 7.02. The maximum absolute atomic E-state index is 12.9. The topological polar surface area (TPSA) is 60.8 Å². The molecule has 1 saturated carbocycles. The lowest BCUT2D eigenvalue weighted by molar-refractivity contribution is -0.139. The Bertz CT molecular complexity index is 611. The lowest BCUT2D eigenvalue weighted by atomic mass is 9.80. The van der Waals surface area contributed by atoms with Crippen molar-refractivity contribution < 1.29 is 28.2 Å². The highest BCUT2D eigenvalue weighted by molar-refractivity contribution is 5.67. The van der Waals surface area contributed by atoms with E-state index >= 15 is 0 Å². The van der Waals surface area contributed by atoms with Crippen molar-refractivity contribution in [1.29, 1.82) is 0 Å². The molecule has 2 N–H and O–H groups in total. The molecule has 1 aliphatic carbocycles. The van der Waals surface area contributed by atoms with E-state index in [0.29, 0.717) is 24.7 Å². The summed E-state index contributed by atoms with van der Waals surface area (Å²) in [4.78, 5) is 12.8. The number of anilines is 1. The van der Waals surface area contributed by atoms with E-state index in [-0.39, 0.29) is 17.9 Å². The van der Waals surface area contributed by atoms with Crippen LogP contribution in [0, 0.1) is 11.8 Å². The fourth-order valence-electron chi connectivity index (χ4n) is 3.77. The molecular weight excluding hydrogens is 347 g/mol. The van der Waals surface area contributed by atoms with Gasteiger partial charge in [-0.3, -0.25) is 4.79 Å². The van der Waals surface area contributed by atoms with Gasteiger partial charge in [0.25, 0.3) is 0 Å². The number of alkyl halides is 3. The van der Waals surface area contributed by atoms with Crippen molar-refractivity contribution in [2.75, 3.05) is 18.0 Å². The standard InChI is InChI=1S/C19H26F3NO3/c1-2-23(11-14-5-3-13(4-6-14)9-18(25)26)17-8-7-16(19(20,21)22)10-15(17)12-24/h7-8,10,13-14,24H,2-6,9,11-12H2,1H3,(H,25,26). The van der Waals surface area contributed by atoms with Gasteiger partial charge in [-0.2, -0.15) is 13.2 Å². The van der Waals surface area contributed by atoms with Crippen molar-refractivity contribution in [2.24, 2.45) is 11.8 Å². The quantitative estimate of drug-likeness (QED) is 0.748. The molecule has 1 aromatic rings. The molecule has 1 aromatic carbocycles. The summed E-state index contributed by atoms with van der Waals surface area (Å²) in [5.74, 6) is -0.160. The Balaban J connectivity index is 2.06. The third-order valence-corrected chi connectivity index (χ3v) is 5.21. The van der Waals surface area contributed by atoms with E-state index < -0.39 is 24.3 Å². The normalized spacial score (nSPS) is 20.8. The number of aliphatic hydroxyl groups excluding tert-OH is 1. The summed E-state index contributed by atoms with van der Waals surface area (Å²) in [5.41, 5.74) is 0.160. The molecule has 0 atom stereocenters. The average Bonchev–Trinajstić information content (AvgIpc) is 2.59. The van der Waals surface area contributed by atoms with Crippen LogP contribution < -0.4 is 4.90 Å². The number of hydrogen-bond acceptors (Lipinski definition) is 3. The van der Waals surface area contributed by atoms with Crippen molar-refractivity contribution in [3.8, 4) is 0 Å². The Morgan fingerprint density at radius 3 is 2.31 bits per heavy atom. The average molecular weight is 373 g/mol. The van der Waals surface area contributed by atoms with E-state index in [2.05, 4.69) is 0 Å². The van der Waals surface area contributed by atoms with Crippen molar-refractivity contribution in [2.45, 2.75) is 51.8 Å². The number of carboxylic acids is 1. The van der Waals surface area contributed by atoms with Crippen LogP contribution in [0.2, 0.25) is 0 Å². The zero-order valence-electron chi connectivity index (χ0n) is 14.9. The largest absolute Gasteiger partial charge is 0.481 e. The van der Waals surface area contributed by atoms with Crippen LogP contribution in [0.3, 0.4) is 0 Å². The van der Waals surface area contributed by atoms with E-state index in [4.69, 9.17) is 5.11 Å². The van der Waals surface area contributed by atoms with Gasteiger partial charge in [-0.1, -0.05) is 0 Å². The van der Waals surface area contributed by atoms with E-state index in [1.165, 1.54) is 6.07 Å². The van der Waals surface area contributed by atoms with Crippen LogP contribution in [0.25, 0.3) is 0 Å². The summed E-state index contributed by atoms with van der Waals surface area (Å²) in [6.07, 6.45) is -0.643. The highest BCUT2D eigenvalue weighted by Gasteiger charge is 2.31. The van der Waals surface area contributed by atoms with Gasteiger partial charge in [-0.25, -0.2) is 0 Å². The number of benzene rings is 1. The van der Waals surface area contributed by atoms with Gasteiger partial charge in [0.15, 0.2) is 0 Å². The van der Waals surface area contributed by atoms with E-state index in [0.717, 1.165) is 37.8 Å². The molecule has 0 unspecified atom stereocenters. The Kier molecular flexibility index (Phi) is 6.92. The minimum Gasteiger partial charge on any atom is -0.481 e. The van der Waals surface area contributed by atoms with E-state index in [1.54, 1.807) is 0 Å². The fourth-order valence-corrected chi connectivity index (χ4v) is 3.77. The number of aliphatic carboxylic acids is 1. The maximum atomic E-state index is 12.9. The van der Waals surface area contributed by atoms with Crippen molar-refractivity contribution in [3.63, 3.8) is 0 Å². The van der Waals surface area contributed by atoms with Gasteiger partial charge >= 0.3 is 12.1 Å². The molecule has 0 bridgehead atoms. The van der Waals surface area contributed by atoms with Crippen molar-refractivity contribution in [3.05, 3.63) is 29.3 Å². The molecule has 0 radical (unpaired) electrons. The molecule has 0 aliphatic heterocycles. The molecule has 26 heavy (non-hydrogen) atoms. The number of carboxylic acid groups (broad SMARTS) is 1. The molecule has 146 valence electrons. The highest BCUT2D eigenvalue weighted by Crippen LogP contribution is 2.35. The maximum Gasteiger partial charge on any atom is 0.416 e. The monoisotopic (exact) mass is 373 g/mol. The van der Waals surface area contributed by atoms with Crippen LogP contribution in [0.15, 0.2) is 18.2 Å². The predicted octanol–water partition coefficient (Wildman–Crippen LogP) is 4.31. The highest BCUT2D eigenvalue weighted by atomic mass is 19.4. The molecule has 0 spiro atoms. The van der Waals surface area contributed by atoms with E-state index in [9.17, 15) is 23.1 Å². The number of carbonyl (C=O) groups is 1. The molecule has 0 saturated heterocycles. The van der Waals surface area contributed by atoms with Crippen LogP contribution >= 0.6 is 0 Å². The van der Waals surface area contributed by atoms with Gasteiger partial charge in [0, 0.05) is 30.8 Å². The molecule has 1 fully saturated rings. The molecule has 4 nitrogen and oxygen atoms in total. The molecule has 0 aromatic heterocycles. The molecule has 7 heteroatoms. The summed E-state index contributed by atoms with van der Waals surface area (Å²) in [6.45, 7) is 2.83. The number of rotatable bonds is 7. The zero-order chi connectivity index (χ0) is 19.3. The van der Waals surface area contributed by atoms with Crippen LogP contribution in [0.1, 0.15) is 50.2 Å². The SMILES string of the molecule is CCN(CC1CCC(CC(=O)O)CC1)c1ccc(C(F)(F)F)cc1CO. The first-order valence-electron chi connectivity index (χ1n) is 9.02. The zero-order valence-corrected chi connectivity index (χ0v) is 14.9. The van der Waals surface area contributed by atoms with Crippen LogP contribution in [-0.4, -0.2) is 29.3 Å². The van der Waals surface area contributed by atoms with Crippen molar-refractivity contribution >= 4 is 11.7 Å². The minimum absolute atomic E-state index is 0.206. The Morgan fingerprint density at radius 2 is 1.81 bits per heavy atom. The third kappa shape index (κ3) is 5.37. The van der Waals surface area contributed by atoms with Gasteiger partial charge < -0.3 is 15.1 Å². The summed E-state index contributed by atoms with van der Waals surface area (Å²) in [7, 11) is 0. The first-order valence-corrected chi connectivity index (χ1v) is 9.02. The molecule has 2 rings (SSSR count). The summed E-state index contributed by atoms with van der Waals surface area (Å²) in [6, 6.07) is 3.51. The Hall–Kier alpha value is -1.76. The predicted molar refractivity (Wildman–Crippen MR) is 93.0 cm³/mol. The van der Waals surface area contributed by atoms with Crippen LogP contribution in [0.5, 0.6) is 0 Å². The third-order valence-electron chi connectivity index (χ3n) is 5.21. The smallest absolute Gasteiger partial charge is 0.416 e. The molecule has 0 amide bonds. The first-order chi connectivity index (χ1) is 12.2. The number of aliphatic hydroxyl groups is 1. The minimum atomic E-state index is -4.43. The Labute approximate surface area is 151 Å². The van der Waals surface area contributed by atoms with Crippen molar-refractivity contribution in [1.82, 2.24) is 0 Å².